The molecular formula is C45H47F6N7O3. The second kappa shape index (κ2) is 17.5. The van der Waals surface area contributed by atoms with Gasteiger partial charge in [0.05, 0.1) is 40.2 Å². The zero-order valence-electron chi connectivity index (χ0n) is 34.8. The van der Waals surface area contributed by atoms with E-state index in [1.807, 2.05) is 39.0 Å². The van der Waals surface area contributed by atoms with Crippen LogP contribution in [0.3, 0.4) is 0 Å². The number of nitrogens with two attached hydrogens (primary N) is 1. The Kier molecular flexibility index (Phi) is 12.8. The molecule has 6 aromatic rings. The topological polar surface area (TPSA) is 142 Å². The molecule has 3 N–H and O–H groups in total. The summed E-state index contributed by atoms with van der Waals surface area (Å²) in [6.07, 6.45) is -1.88. The zero-order chi connectivity index (χ0) is 44.7. The lowest BCUT2D eigenvalue weighted by molar-refractivity contribution is -0.118. The summed E-state index contributed by atoms with van der Waals surface area (Å²) in [4.78, 5) is 30.3. The summed E-state index contributed by atoms with van der Waals surface area (Å²) in [7, 11) is 0. The predicted octanol–water partition coefficient (Wildman–Crippen LogP) is 9.73. The maximum atomic E-state index is 14.2. The number of hydrogen-bond acceptors (Lipinski definition) is 8. The van der Waals surface area contributed by atoms with E-state index in [9.17, 15) is 41.0 Å². The molecule has 10 nitrogen and oxygen atoms in total. The van der Waals surface area contributed by atoms with Gasteiger partial charge in [-0.05, 0) is 106 Å². The van der Waals surface area contributed by atoms with Crippen LogP contribution in [0.5, 0.6) is 5.75 Å². The summed E-state index contributed by atoms with van der Waals surface area (Å²) < 4.78 is 83.9. The van der Waals surface area contributed by atoms with Crippen LogP contribution in [-0.2, 0) is 30.1 Å². The third-order valence-corrected chi connectivity index (χ3v) is 11.2. The summed E-state index contributed by atoms with van der Waals surface area (Å²) >= 11 is 0. The van der Waals surface area contributed by atoms with Crippen molar-refractivity contribution >= 4 is 22.4 Å². The Morgan fingerprint density at radius 3 is 2.25 bits per heavy atom. The van der Waals surface area contributed by atoms with Crippen molar-refractivity contribution in [3.8, 4) is 22.7 Å². The summed E-state index contributed by atoms with van der Waals surface area (Å²) in [5, 5.41) is 22.5. The number of alkyl halides is 4. The number of hydrogen-bond donors (Lipinski definition) is 2. The Morgan fingerprint density at radius 1 is 0.984 bits per heavy atom. The van der Waals surface area contributed by atoms with Crippen molar-refractivity contribution in [3.05, 3.63) is 122 Å². The van der Waals surface area contributed by atoms with E-state index in [2.05, 4.69) is 22.2 Å². The first-order valence-electron chi connectivity index (χ1n) is 20.0. The maximum absolute atomic E-state index is 14.2. The minimum absolute atomic E-state index is 0.0149. The fourth-order valence-corrected chi connectivity index (χ4v) is 7.88. The Hall–Kier alpha value is -6.06. The number of phenolic OH excluding ortho intramolecular Hbond substituents is 1. The molecule has 3 aromatic heterocycles. The molecule has 1 fully saturated rings. The van der Waals surface area contributed by atoms with Crippen molar-refractivity contribution < 1.29 is 36.2 Å². The molecule has 0 spiro atoms. The van der Waals surface area contributed by atoms with Crippen LogP contribution in [0.2, 0.25) is 0 Å². The molecule has 322 valence electrons. The van der Waals surface area contributed by atoms with E-state index in [4.69, 9.17) is 10.7 Å². The largest absolute Gasteiger partial charge is 0.508 e. The standard InChI is InChI=1S/C32H29F2N5O2.C11H12F4N2O.C2H6/c1-16-10-24(16)25(13-19-11-21(33)15-22(34)12-19)31-36-27-14-20(26-7-4-17(2)37-38-26)5-6-23(27)32(41)39(31)28-8-9-29(40)18(3)30(28)35;1-5-3-7-8(10(12)13)16-17(4-6(2)18)9(7)11(5,14)15;1-2/h4-9,11-12,14-16,24-25,40H,10,13,35H2,1-3H3;5,10H,3-4H2,1-2H3;1-2H3/t;5-;/m.0./s1. The van der Waals surface area contributed by atoms with Crippen LogP contribution in [0.4, 0.5) is 32.0 Å². The van der Waals surface area contributed by atoms with Crippen LogP contribution in [0.25, 0.3) is 27.8 Å². The molecule has 4 atom stereocenters. The SMILES string of the molecule is CC.CC(=O)Cn1nc(C(F)F)c2c1C(F)(F)[C@@H](C)C2.Cc1ccc(-c2ccc3c(=O)n(-c4ccc(O)c(C)c4N)c(C(Cc4cc(F)cc(F)c4)C4CC4C)nc3c2)nn1. The molecular weight excluding hydrogens is 801 g/mol. The van der Waals surface area contributed by atoms with Gasteiger partial charge < -0.3 is 10.8 Å². The highest BCUT2D eigenvalue weighted by molar-refractivity contribution is 5.84. The molecule has 0 bridgehead atoms. The lowest BCUT2D eigenvalue weighted by Crippen LogP contribution is -2.28. The summed E-state index contributed by atoms with van der Waals surface area (Å²) in [5.74, 6) is -5.38. The van der Waals surface area contributed by atoms with Gasteiger partial charge in [0.2, 0.25) is 0 Å². The van der Waals surface area contributed by atoms with Gasteiger partial charge in [0.15, 0.2) is 5.78 Å². The average molecular weight is 848 g/mol. The fourth-order valence-electron chi connectivity index (χ4n) is 7.88. The third-order valence-electron chi connectivity index (χ3n) is 11.2. The first-order valence-corrected chi connectivity index (χ1v) is 20.0. The number of carbonyl (C=O) groups is 1. The Morgan fingerprint density at radius 2 is 1.66 bits per heavy atom. The van der Waals surface area contributed by atoms with Crippen molar-refractivity contribution in [3.63, 3.8) is 0 Å². The lowest BCUT2D eigenvalue weighted by atomic mass is 9.91. The number of aryl methyl sites for hydroxylation is 1. The fraction of sp³-hybridized carbons (Fsp3) is 0.378. The molecule has 0 radical (unpaired) electrons. The number of anilines is 1. The van der Waals surface area contributed by atoms with Gasteiger partial charge in [-0.1, -0.05) is 33.8 Å². The number of nitrogen functional groups attached to an aromatic ring is 1. The first-order chi connectivity index (χ1) is 28.8. The Bertz CT molecular complexity index is 2640. The van der Waals surface area contributed by atoms with Crippen LogP contribution in [0, 0.1) is 43.2 Å². The minimum Gasteiger partial charge on any atom is -0.508 e. The Labute approximate surface area is 348 Å². The van der Waals surface area contributed by atoms with E-state index < -0.39 is 53.6 Å². The molecule has 0 aliphatic heterocycles. The van der Waals surface area contributed by atoms with E-state index in [0.29, 0.717) is 45.2 Å². The van der Waals surface area contributed by atoms with E-state index in [0.717, 1.165) is 28.4 Å². The monoisotopic (exact) mass is 847 g/mol. The van der Waals surface area contributed by atoms with E-state index >= 15 is 0 Å². The molecule has 8 rings (SSSR count). The maximum Gasteiger partial charge on any atom is 0.292 e. The zero-order valence-corrected chi connectivity index (χ0v) is 34.8. The average Bonchev–Trinajstić information content (AvgIpc) is 3.74. The third kappa shape index (κ3) is 8.89. The molecule has 3 heterocycles. The van der Waals surface area contributed by atoms with Crippen LogP contribution in [0.15, 0.2) is 65.5 Å². The number of rotatable bonds is 9. The van der Waals surface area contributed by atoms with Crippen LogP contribution >= 0.6 is 0 Å². The number of ketones is 1. The summed E-state index contributed by atoms with van der Waals surface area (Å²) in [6.45, 7) is 11.7. The quantitative estimate of drug-likeness (QED) is 0.108. The highest BCUT2D eigenvalue weighted by Gasteiger charge is 2.51. The smallest absolute Gasteiger partial charge is 0.292 e. The number of phenols is 1. The van der Waals surface area contributed by atoms with Gasteiger partial charge in [-0.25, -0.2) is 22.5 Å². The normalized spacial score (nSPS) is 17.9. The molecule has 61 heavy (non-hydrogen) atoms. The highest BCUT2D eigenvalue weighted by Crippen LogP contribution is 2.50. The molecule has 2 aliphatic carbocycles. The Balaban J connectivity index is 0.000000260. The van der Waals surface area contributed by atoms with Gasteiger partial charge in [-0.3, -0.25) is 18.8 Å². The molecule has 0 saturated heterocycles. The van der Waals surface area contributed by atoms with Gasteiger partial charge in [-0.15, -0.1) is 0 Å². The van der Waals surface area contributed by atoms with Crippen LogP contribution < -0.4 is 11.3 Å². The number of carbonyl (C=O) groups excluding carboxylic acids is 1. The number of aromatic nitrogens is 6. The van der Waals surface area contributed by atoms with Crippen molar-refractivity contribution in [1.29, 1.82) is 0 Å². The van der Waals surface area contributed by atoms with Gasteiger partial charge in [-0.2, -0.15) is 24.1 Å². The van der Waals surface area contributed by atoms with E-state index in [1.165, 1.54) is 36.6 Å². The lowest BCUT2D eigenvalue weighted by Gasteiger charge is -2.23. The van der Waals surface area contributed by atoms with Crippen molar-refractivity contribution in [2.24, 2.45) is 17.8 Å². The van der Waals surface area contributed by atoms with Crippen LogP contribution in [0.1, 0.15) is 93.0 Å². The predicted molar refractivity (Wildman–Crippen MR) is 220 cm³/mol. The summed E-state index contributed by atoms with van der Waals surface area (Å²) in [5.41, 5.74) is 9.09. The molecule has 1 saturated carbocycles. The first kappa shape index (κ1) is 44.5. The van der Waals surface area contributed by atoms with Gasteiger partial charge in [0.1, 0.15) is 34.6 Å². The van der Waals surface area contributed by atoms with Crippen LogP contribution in [-0.4, -0.2) is 40.4 Å². The molecule has 0 amide bonds. The molecule has 3 aromatic carbocycles. The van der Waals surface area contributed by atoms with Crippen molar-refractivity contribution in [2.45, 2.75) is 92.5 Å². The molecule has 16 heteroatoms. The second-order valence-corrected chi connectivity index (χ2v) is 15.6. The summed E-state index contributed by atoms with van der Waals surface area (Å²) in [6, 6.07) is 15.6. The van der Waals surface area contributed by atoms with E-state index in [1.54, 1.807) is 25.1 Å². The molecule has 2 aliphatic rings. The number of Topliss-reactive ketones (excluding diaryl/α,β-unsaturated/α-hetero) is 1. The number of nitrogens with zero attached hydrogens (tertiary/aromatic N) is 6. The number of halogens is 6. The van der Waals surface area contributed by atoms with Crippen molar-refractivity contribution in [2.75, 3.05) is 5.73 Å². The number of benzene rings is 3. The number of aromatic hydroxyl groups is 1. The van der Waals surface area contributed by atoms with E-state index in [-0.39, 0.29) is 47.2 Å². The second-order valence-electron chi connectivity index (χ2n) is 15.6. The highest BCUT2D eigenvalue weighted by atomic mass is 19.3. The minimum atomic E-state index is -3.22. The van der Waals surface area contributed by atoms with Crippen molar-refractivity contribution in [1.82, 2.24) is 29.5 Å². The number of fused-ring (bicyclic) bond motifs is 2. The molecule has 3 unspecified atom stereocenters. The van der Waals surface area contributed by atoms with Gasteiger partial charge >= 0.3 is 0 Å². The van der Waals surface area contributed by atoms with Gasteiger partial charge in [0, 0.05) is 34.6 Å². The van der Waals surface area contributed by atoms with Gasteiger partial charge in [0.25, 0.3) is 17.9 Å².